The Morgan fingerprint density at radius 3 is 2.21 bits per heavy atom. The molecule has 0 amide bonds. The van der Waals surface area contributed by atoms with Crippen molar-refractivity contribution in [3.63, 3.8) is 0 Å². The molecule has 0 aromatic heterocycles. The molecule has 24 heavy (non-hydrogen) atoms. The molecule has 128 valence electrons. The summed E-state index contributed by atoms with van der Waals surface area (Å²) >= 11 is 3.19. The van der Waals surface area contributed by atoms with Crippen LogP contribution in [0.4, 0.5) is 11.4 Å². The van der Waals surface area contributed by atoms with E-state index in [1.807, 2.05) is 50.4 Å². The van der Waals surface area contributed by atoms with Gasteiger partial charge in [0.15, 0.2) is 0 Å². The van der Waals surface area contributed by atoms with E-state index in [-0.39, 0.29) is 11.4 Å². The Balaban J connectivity index is 0.00000139. The molecular formula is C18H23N3OS2. The number of nitrogens with two attached hydrogens (primary N) is 1. The predicted octanol–water partition coefficient (Wildman–Crippen LogP) is 4.72. The standard InChI is InChI=1S/C16H17N3OS2.C2H6/c1-4-18-14-9-13(10-15(20)16(14)17)21-11-5-7-12(8-6-11)22-19(2)3;1-2/h1,5-10,18,20H,17H2,2-3H3;1-2H3. The van der Waals surface area contributed by atoms with Gasteiger partial charge in [0.1, 0.15) is 5.75 Å². The van der Waals surface area contributed by atoms with Crippen LogP contribution >= 0.6 is 23.7 Å². The minimum atomic E-state index is 0.0162. The van der Waals surface area contributed by atoms with E-state index in [0.29, 0.717) is 5.69 Å². The number of nitrogens with zero attached hydrogens (tertiary/aromatic N) is 1. The van der Waals surface area contributed by atoms with E-state index in [1.54, 1.807) is 18.0 Å². The summed E-state index contributed by atoms with van der Waals surface area (Å²) in [4.78, 5) is 3.10. The number of hydrogen-bond acceptors (Lipinski definition) is 6. The highest BCUT2D eigenvalue weighted by Crippen LogP contribution is 2.37. The van der Waals surface area contributed by atoms with Crippen molar-refractivity contribution in [3.8, 4) is 18.2 Å². The van der Waals surface area contributed by atoms with E-state index in [1.165, 1.54) is 16.7 Å². The molecule has 2 rings (SSSR count). The van der Waals surface area contributed by atoms with Crippen LogP contribution in [0.1, 0.15) is 13.8 Å². The average molecular weight is 362 g/mol. The maximum atomic E-state index is 9.87. The fourth-order valence-corrected chi connectivity index (χ4v) is 3.34. The molecule has 0 aliphatic rings. The van der Waals surface area contributed by atoms with Gasteiger partial charge in [-0.3, -0.25) is 4.31 Å². The van der Waals surface area contributed by atoms with Crippen molar-refractivity contribution in [2.75, 3.05) is 25.1 Å². The van der Waals surface area contributed by atoms with Gasteiger partial charge in [-0.05, 0) is 62.4 Å². The second kappa shape index (κ2) is 10.0. The maximum Gasteiger partial charge on any atom is 0.141 e. The summed E-state index contributed by atoms with van der Waals surface area (Å²) in [5.74, 6) is 0.0162. The normalized spacial score (nSPS) is 9.83. The highest BCUT2D eigenvalue weighted by Gasteiger charge is 2.08. The predicted molar refractivity (Wildman–Crippen MR) is 106 cm³/mol. The van der Waals surface area contributed by atoms with Crippen LogP contribution in [0.25, 0.3) is 0 Å². The van der Waals surface area contributed by atoms with Crippen molar-refractivity contribution >= 4 is 35.1 Å². The molecule has 0 spiro atoms. The van der Waals surface area contributed by atoms with Crippen LogP contribution in [0, 0.1) is 12.5 Å². The topological polar surface area (TPSA) is 61.5 Å². The number of nitrogens with one attached hydrogen (secondary N) is 1. The molecule has 0 heterocycles. The van der Waals surface area contributed by atoms with Gasteiger partial charge in [-0.25, -0.2) is 0 Å². The Morgan fingerprint density at radius 2 is 1.67 bits per heavy atom. The molecule has 6 heteroatoms. The zero-order valence-electron chi connectivity index (χ0n) is 14.3. The highest BCUT2D eigenvalue weighted by atomic mass is 32.2. The first-order valence-electron chi connectivity index (χ1n) is 7.47. The number of phenols is 1. The number of anilines is 2. The van der Waals surface area contributed by atoms with Crippen LogP contribution in [0.15, 0.2) is 51.1 Å². The Hall–Kier alpha value is -1.94. The van der Waals surface area contributed by atoms with Crippen molar-refractivity contribution in [3.05, 3.63) is 36.4 Å². The van der Waals surface area contributed by atoms with Crippen LogP contribution in [-0.4, -0.2) is 23.5 Å². The number of phenolic OH excluding ortho intramolecular Hbond substituents is 1. The van der Waals surface area contributed by atoms with E-state index in [4.69, 9.17) is 12.2 Å². The summed E-state index contributed by atoms with van der Waals surface area (Å²) in [5.41, 5.74) is 6.55. The molecule has 4 N–H and O–H groups in total. The van der Waals surface area contributed by atoms with Crippen molar-refractivity contribution in [1.82, 2.24) is 4.31 Å². The first-order valence-corrected chi connectivity index (χ1v) is 9.06. The van der Waals surface area contributed by atoms with Crippen LogP contribution in [0.2, 0.25) is 0 Å². The summed E-state index contributed by atoms with van der Waals surface area (Å²) in [6, 6.07) is 14.0. The SMILES string of the molecule is C#CNc1cc(Sc2ccc(SN(C)C)cc2)cc(O)c1N.CC. The van der Waals surface area contributed by atoms with Crippen LogP contribution in [-0.2, 0) is 0 Å². The molecule has 0 atom stereocenters. The smallest absolute Gasteiger partial charge is 0.141 e. The van der Waals surface area contributed by atoms with Crippen molar-refractivity contribution < 1.29 is 5.11 Å². The molecule has 0 bridgehead atoms. The zero-order chi connectivity index (χ0) is 18.1. The first kappa shape index (κ1) is 20.1. The van der Waals surface area contributed by atoms with Crippen molar-refractivity contribution in [2.45, 2.75) is 28.5 Å². The fourth-order valence-electron chi connectivity index (χ4n) is 1.77. The molecular weight excluding hydrogens is 338 g/mol. The Labute approximate surface area is 153 Å². The number of benzene rings is 2. The van der Waals surface area contributed by atoms with E-state index in [0.717, 1.165) is 9.79 Å². The lowest BCUT2D eigenvalue weighted by atomic mass is 10.2. The monoisotopic (exact) mass is 361 g/mol. The third kappa shape index (κ3) is 5.93. The Kier molecular flexibility index (Phi) is 8.41. The number of hydrogen-bond donors (Lipinski definition) is 3. The van der Waals surface area contributed by atoms with E-state index >= 15 is 0 Å². The minimum Gasteiger partial charge on any atom is -0.506 e. The molecule has 0 saturated heterocycles. The van der Waals surface area contributed by atoms with Gasteiger partial charge in [0.05, 0.1) is 11.4 Å². The summed E-state index contributed by atoms with van der Waals surface area (Å²) in [7, 11) is 4.01. The molecule has 0 aliphatic heterocycles. The number of rotatable bonds is 5. The lowest BCUT2D eigenvalue weighted by Gasteiger charge is -2.11. The van der Waals surface area contributed by atoms with Crippen LogP contribution < -0.4 is 11.1 Å². The Morgan fingerprint density at radius 1 is 1.08 bits per heavy atom. The van der Waals surface area contributed by atoms with Crippen molar-refractivity contribution in [2.24, 2.45) is 0 Å². The summed E-state index contributed by atoms with van der Waals surface area (Å²) in [6.45, 7) is 4.00. The van der Waals surface area contributed by atoms with E-state index < -0.39 is 0 Å². The zero-order valence-corrected chi connectivity index (χ0v) is 16.0. The molecule has 0 radical (unpaired) electrons. The van der Waals surface area contributed by atoms with Crippen LogP contribution in [0.3, 0.4) is 0 Å². The Bertz CT molecular complexity index is 695. The molecule has 4 nitrogen and oxygen atoms in total. The second-order valence-corrected chi connectivity index (χ2v) is 7.18. The largest absolute Gasteiger partial charge is 0.506 e. The van der Waals surface area contributed by atoms with E-state index in [9.17, 15) is 5.11 Å². The molecule has 0 unspecified atom stereocenters. The summed E-state index contributed by atoms with van der Waals surface area (Å²) < 4.78 is 2.04. The number of nitrogen functional groups attached to an aromatic ring is 1. The van der Waals surface area contributed by atoms with Crippen LogP contribution in [0.5, 0.6) is 5.75 Å². The molecule has 2 aromatic carbocycles. The molecule has 2 aromatic rings. The quantitative estimate of drug-likeness (QED) is 0.235. The van der Waals surface area contributed by atoms with Gasteiger partial charge in [0, 0.05) is 20.7 Å². The third-order valence-electron chi connectivity index (χ3n) is 2.69. The molecule has 0 aliphatic carbocycles. The van der Waals surface area contributed by atoms with Gasteiger partial charge in [-0.1, -0.05) is 32.0 Å². The number of aromatic hydroxyl groups is 1. The van der Waals surface area contributed by atoms with Crippen molar-refractivity contribution in [1.29, 1.82) is 0 Å². The average Bonchev–Trinajstić information content (AvgIpc) is 2.55. The minimum absolute atomic E-state index is 0.0162. The van der Waals surface area contributed by atoms with Gasteiger partial charge in [-0.15, -0.1) is 0 Å². The molecule has 0 fully saturated rings. The second-order valence-electron chi connectivity index (χ2n) is 4.65. The maximum absolute atomic E-state index is 9.87. The number of terminal acetylenes is 1. The van der Waals surface area contributed by atoms with Gasteiger partial charge in [0.2, 0.25) is 0 Å². The summed E-state index contributed by atoms with van der Waals surface area (Å²) in [6.07, 6.45) is 5.23. The lowest BCUT2D eigenvalue weighted by molar-refractivity contribution is 0.477. The lowest BCUT2D eigenvalue weighted by Crippen LogP contribution is -1.98. The van der Waals surface area contributed by atoms with E-state index in [2.05, 4.69) is 23.5 Å². The highest BCUT2D eigenvalue weighted by molar-refractivity contribution is 7.99. The fraction of sp³-hybridized carbons (Fsp3) is 0.222. The molecule has 0 saturated carbocycles. The van der Waals surface area contributed by atoms with Gasteiger partial charge < -0.3 is 16.2 Å². The van der Waals surface area contributed by atoms with Gasteiger partial charge in [-0.2, -0.15) is 0 Å². The van der Waals surface area contributed by atoms with Gasteiger partial charge in [0.25, 0.3) is 0 Å². The summed E-state index contributed by atoms with van der Waals surface area (Å²) in [5, 5.41) is 12.6. The third-order valence-corrected chi connectivity index (χ3v) is 4.51. The van der Waals surface area contributed by atoms with Gasteiger partial charge >= 0.3 is 0 Å². The first-order chi connectivity index (χ1) is 11.5.